The Bertz CT molecular complexity index is 1410. The number of likely N-dealkylation sites (tertiary alicyclic amines) is 2. The molecule has 3 heterocycles. The molecule has 2 N–H and O–H groups in total. The van der Waals surface area contributed by atoms with E-state index in [0.29, 0.717) is 39.0 Å². The molecular formula is C28H37BrN6O5S. The Morgan fingerprint density at radius 2 is 1.66 bits per heavy atom. The van der Waals surface area contributed by atoms with Crippen molar-refractivity contribution in [2.24, 2.45) is 0 Å². The van der Waals surface area contributed by atoms with Crippen LogP contribution in [-0.2, 0) is 19.6 Å². The standard InChI is InChI=1S/C28H37BrN6O5S/c1-30-28(38)33-14-12-32(13-15-33)18-23-4-2-11-35(23)26(36)19-34-10-3-5-25(27(34)37)31-41(39,40)24-9-7-20-16-22(29)8-6-21(20)17-24/h6-9,16-17,23,25,31H,2-5,10-15,18-19H2,1H3,(H,30,38)/t23-,25-/m0/s1. The van der Waals surface area contributed by atoms with Crippen LogP contribution in [0.5, 0.6) is 0 Å². The summed E-state index contributed by atoms with van der Waals surface area (Å²) in [4.78, 5) is 46.1. The Morgan fingerprint density at radius 1 is 0.951 bits per heavy atom. The number of hydrogen-bond acceptors (Lipinski definition) is 6. The first kappa shape index (κ1) is 29.7. The van der Waals surface area contributed by atoms with Crippen LogP contribution in [0.2, 0.25) is 0 Å². The van der Waals surface area contributed by atoms with Gasteiger partial charge in [-0.25, -0.2) is 13.2 Å². The summed E-state index contributed by atoms with van der Waals surface area (Å²) in [5, 5.41) is 4.35. The number of carbonyl (C=O) groups is 3. The van der Waals surface area contributed by atoms with Gasteiger partial charge >= 0.3 is 6.03 Å². The van der Waals surface area contributed by atoms with Gasteiger partial charge in [-0.2, -0.15) is 4.72 Å². The summed E-state index contributed by atoms with van der Waals surface area (Å²) in [6.07, 6.45) is 2.81. The Balaban J connectivity index is 1.17. The van der Waals surface area contributed by atoms with Crippen molar-refractivity contribution in [1.29, 1.82) is 0 Å². The van der Waals surface area contributed by atoms with E-state index in [4.69, 9.17) is 0 Å². The number of sulfonamides is 1. The van der Waals surface area contributed by atoms with Gasteiger partial charge in [0, 0.05) is 63.4 Å². The second-order valence-corrected chi connectivity index (χ2v) is 13.6. The molecule has 41 heavy (non-hydrogen) atoms. The third-order valence-corrected chi connectivity index (χ3v) is 10.2. The molecule has 0 spiro atoms. The fourth-order valence-corrected chi connectivity index (χ4v) is 7.66. The third-order valence-electron chi connectivity index (χ3n) is 8.28. The summed E-state index contributed by atoms with van der Waals surface area (Å²) in [6, 6.07) is 9.58. The fraction of sp³-hybridized carbons (Fsp3) is 0.536. The molecule has 0 aliphatic carbocycles. The highest BCUT2D eigenvalue weighted by molar-refractivity contribution is 9.10. The van der Waals surface area contributed by atoms with E-state index in [1.165, 1.54) is 11.0 Å². The van der Waals surface area contributed by atoms with E-state index >= 15 is 0 Å². The molecule has 4 amide bonds. The van der Waals surface area contributed by atoms with Crippen LogP contribution in [0, 0.1) is 0 Å². The Hall–Kier alpha value is -2.74. The number of hydrogen-bond donors (Lipinski definition) is 2. The lowest BCUT2D eigenvalue weighted by Crippen LogP contribution is -2.56. The molecule has 3 aliphatic heterocycles. The number of amides is 4. The number of nitrogens with one attached hydrogen (secondary N) is 2. The molecule has 0 radical (unpaired) electrons. The second kappa shape index (κ2) is 12.6. The van der Waals surface area contributed by atoms with Crippen molar-refractivity contribution in [3.8, 4) is 0 Å². The highest BCUT2D eigenvalue weighted by atomic mass is 79.9. The quantitative estimate of drug-likeness (QED) is 0.472. The second-order valence-electron chi connectivity index (χ2n) is 11.0. The molecule has 0 unspecified atom stereocenters. The maximum atomic E-state index is 13.4. The maximum Gasteiger partial charge on any atom is 0.317 e. The average Bonchev–Trinajstić information content (AvgIpc) is 3.43. The van der Waals surface area contributed by atoms with Gasteiger partial charge in [-0.1, -0.05) is 28.1 Å². The lowest BCUT2D eigenvalue weighted by atomic mass is 10.1. The van der Waals surface area contributed by atoms with Crippen LogP contribution in [0.1, 0.15) is 25.7 Å². The molecule has 3 saturated heterocycles. The van der Waals surface area contributed by atoms with E-state index in [1.807, 2.05) is 23.1 Å². The van der Waals surface area contributed by atoms with Gasteiger partial charge in [0.05, 0.1) is 11.4 Å². The highest BCUT2D eigenvalue weighted by Gasteiger charge is 2.36. The van der Waals surface area contributed by atoms with Crippen LogP contribution < -0.4 is 10.0 Å². The topological polar surface area (TPSA) is 122 Å². The molecule has 2 atom stereocenters. The van der Waals surface area contributed by atoms with Crippen molar-refractivity contribution < 1.29 is 22.8 Å². The van der Waals surface area contributed by atoms with E-state index in [0.717, 1.165) is 47.7 Å². The van der Waals surface area contributed by atoms with Crippen molar-refractivity contribution in [2.75, 3.05) is 59.4 Å². The summed E-state index contributed by atoms with van der Waals surface area (Å²) in [5.74, 6) is -0.465. The molecule has 0 saturated carbocycles. The zero-order valence-electron chi connectivity index (χ0n) is 23.2. The summed E-state index contributed by atoms with van der Waals surface area (Å²) in [6.45, 7) is 4.58. The Kier molecular flexibility index (Phi) is 9.17. The number of piperidine rings is 1. The molecule has 0 aromatic heterocycles. The molecule has 0 bridgehead atoms. The normalized spacial score (nSPS) is 22.4. The molecule has 11 nitrogen and oxygen atoms in total. The smallest absolute Gasteiger partial charge is 0.317 e. The van der Waals surface area contributed by atoms with Gasteiger partial charge in [0.15, 0.2) is 0 Å². The van der Waals surface area contributed by atoms with Crippen molar-refractivity contribution in [1.82, 2.24) is 29.6 Å². The van der Waals surface area contributed by atoms with Gasteiger partial charge in [-0.3, -0.25) is 14.5 Å². The van der Waals surface area contributed by atoms with Gasteiger partial charge in [-0.15, -0.1) is 0 Å². The maximum absolute atomic E-state index is 13.4. The summed E-state index contributed by atoms with van der Waals surface area (Å²) < 4.78 is 29.9. The number of benzene rings is 2. The summed E-state index contributed by atoms with van der Waals surface area (Å²) in [7, 11) is -2.31. The monoisotopic (exact) mass is 648 g/mol. The summed E-state index contributed by atoms with van der Waals surface area (Å²) >= 11 is 3.43. The molecule has 2 aromatic rings. The van der Waals surface area contributed by atoms with Gasteiger partial charge in [0.2, 0.25) is 21.8 Å². The van der Waals surface area contributed by atoms with Crippen LogP contribution in [0.4, 0.5) is 4.79 Å². The van der Waals surface area contributed by atoms with Gasteiger partial charge in [0.25, 0.3) is 0 Å². The van der Waals surface area contributed by atoms with Crippen LogP contribution in [0.25, 0.3) is 10.8 Å². The molecule has 2 aromatic carbocycles. The first-order valence-corrected chi connectivity index (χ1v) is 16.4. The Morgan fingerprint density at radius 3 is 2.41 bits per heavy atom. The first-order valence-electron chi connectivity index (χ1n) is 14.1. The zero-order valence-corrected chi connectivity index (χ0v) is 25.6. The number of urea groups is 1. The van der Waals surface area contributed by atoms with E-state index in [1.54, 1.807) is 24.1 Å². The van der Waals surface area contributed by atoms with E-state index < -0.39 is 16.1 Å². The molecule has 5 rings (SSSR count). The van der Waals surface area contributed by atoms with Crippen molar-refractivity contribution in [3.05, 3.63) is 40.9 Å². The highest BCUT2D eigenvalue weighted by Crippen LogP contribution is 2.24. The van der Waals surface area contributed by atoms with Gasteiger partial charge in [-0.05, 0) is 60.7 Å². The lowest BCUT2D eigenvalue weighted by molar-refractivity contribution is -0.143. The fourth-order valence-electron chi connectivity index (χ4n) is 6.02. The largest absolute Gasteiger partial charge is 0.341 e. The third kappa shape index (κ3) is 6.85. The number of halogens is 1. The molecule has 13 heteroatoms. The zero-order chi connectivity index (χ0) is 29.1. The van der Waals surface area contributed by atoms with Gasteiger partial charge < -0.3 is 20.0 Å². The molecule has 3 aliphatic rings. The summed E-state index contributed by atoms with van der Waals surface area (Å²) in [5.41, 5.74) is 0. The van der Waals surface area contributed by atoms with Crippen molar-refractivity contribution in [2.45, 2.75) is 42.7 Å². The Labute approximate surface area is 249 Å². The predicted octanol–water partition coefficient (Wildman–Crippen LogP) is 1.82. The van der Waals surface area contributed by atoms with E-state index in [-0.39, 0.29) is 35.3 Å². The lowest BCUT2D eigenvalue weighted by Gasteiger charge is -2.38. The number of rotatable bonds is 7. The molecular weight excluding hydrogens is 612 g/mol. The number of carbonyl (C=O) groups excluding carboxylic acids is 3. The van der Waals surface area contributed by atoms with Crippen LogP contribution in [-0.4, -0.2) is 117 Å². The number of nitrogens with zero attached hydrogens (tertiary/aromatic N) is 4. The SMILES string of the molecule is CNC(=O)N1CCN(C[C@@H]2CCCN2C(=O)CN2CCC[C@H](NS(=O)(=O)c3ccc4cc(Br)ccc4c3)C2=O)CC1. The average molecular weight is 650 g/mol. The minimum atomic E-state index is -3.94. The molecule has 222 valence electrons. The first-order chi connectivity index (χ1) is 19.6. The van der Waals surface area contributed by atoms with Crippen LogP contribution >= 0.6 is 15.9 Å². The van der Waals surface area contributed by atoms with Gasteiger partial charge in [0.1, 0.15) is 6.04 Å². The van der Waals surface area contributed by atoms with Crippen molar-refractivity contribution in [3.63, 3.8) is 0 Å². The number of fused-ring (bicyclic) bond motifs is 1. The minimum absolute atomic E-state index is 0.0527. The van der Waals surface area contributed by atoms with E-state index in [9.17, 15) is 22.8 Å². The minimum Gasteiger partial charge on any atom is -0.341 e. The predicted molar refractivity (Wildman–Crippen MR) is 159 cm³/mol. The molecule has 3 fully saturated rings. The van der Waals surface area contributed by atoms with Crippen molar-refractivity contribution >= 4 is 54.6 Å². The number of piperazine rings is 1. The van der Waals surface area contributed by atoms with Crippen LogP contribution in [0.15, 0.2) is 45.8 Å². The van der Waals surface area contributed by atoms with E-state index in [2.05, 4.69) is 30.9 Å². The van der Waals surface area contributed by atoms with Crippen LogP contribution in [0.3, 0.4) is 0 Å².